The maximum absolute atomic E-state index is 12.1. The number of carboxylic acid groups (broad SMARTS) is 1. The van der Waals surface area contributed by atoms with Crippen LogP contribution >= 0.6 is 0 Å². The second-order valence-corrected chi connectivity index (χ2v) is 6.39. The molecule has 1 heterocycles. The number of carboxylic acids is 1. The average Bonchev–Trinajstić information content (AvgIpc) is 2.68. The van der Waals surface area contributed by atoms with Gasteiger partial charge in [0.05, 0.1) is 32.1 Å². The highest BCUT2D eigenvalue weighted by Crippen LogP contribution is 2.19. The summed E-state index contributed by atoms with van der Waals surface area (Å²) < 4.78 is 0. The van der Waals surface area contributed by atoms with Gasteiger partial charge < -0.3 is 19.7 Å². The molecule has 134 valence electrons. The van der Waals surface area contributed by atoms with Crippen molar-refractivity contribution in [2.24, 2.45) is 0 Å². The number of piperazine rings is 1. The summed E-state index contributed by atoms with van der Waals surface area (Å²) in [5.74, 6) is -1.62. The zero-order chi connectivity index (χ0) is 18.4. The van der Waals surface area contributed by atoms with Crippen molar-refractivity contribution in [1.82, 2.24) is 4.90 Å². The van der Waals surface area contributed by atoms with Crippen LogP contribution in [0.3, 0.4) is 0 Å². The first-order chi connectivity index (χ1) is 12.6. The topological polar surface area (TPSA) is 64.9 Å². The van der Waals surface area contributed by atoms with Gasteiger partial charge in [-0.3, -0.25) is 4.79 Å². The lowest BCUT2D eigenvalue weighted by Crippen LogP contribution is -3.15. The number of benzene rings is 2. The first-order valence-corrected chi connectivity index (χ1v) is 8.77. The minimum Gasteiger partial charge on any atom is -0.545 e. The molecule has 5 heteroatoms. The Kier molecular flexibility index (Phi) is 5.81. The standard InChI is InChI=1S/C21H22N2O3/c24-19(11-12-20(25)26)22-13-15-23(16-14-22)21(17-7-3-1-4-8-17)18-9-5-2-6-10-18/h1-12,21H,13-16H2,(H,25,26)/b12-11-. The van der Waals surface area contributed by atoms with E-state index in [9.17, 15) is 14.7 Å². The zero-order valence-electron chi connectivity index (χ0n) is 14.5. The summed E-state index contributed by atoms with van der Waals surface area (Å²) in [6, 6.07) is 21.0. The Balaban J connectivity index is 1.74. The molecule has 0 aromatic heterocycles. The first kappa shape index (κ1) is 17.9. The number of aliphatic carboxylic acids is 1. The van der Waals surface area contributed by atoms with Crippen LogP contribution in [0.25, 0.3) is 0 Å². The third-order valence-electron chi connectivity index (χ3n) is 4.75. The summed E-state index contributed by atoms with van der Waals surface area (Å²) in [7, 11) is 0. The third kappa shape index (κ3) is 4.37. The number of quaternary nitrogens is 1. The molecule has 5 nitrogen and oxygen atoms in total. The number of carbonyl (C=O) groups is 2. The number of hydrogen-bond acceptors (Lipinski definition) is 3. The molecule has 0 atom stereocenters. The molecular weight excluding hydrogens is 328 g/mol. The molecule has 26 heavy (non-hydrogen) atoms. The van der Waals surface area contributed by atoms with Gasteiger partial charge in [0.15, 0.2) is 0 Å². The molecule has 0 saturated carbocycles. The first-order valence-electron chi connectivity index (χ1n) is 8.77. The van der Waals surface area contributed by atoms with E-state index in [0.29, 0.717) is 13.1 Å². The van der Waals surface area contributed by atoms with Crippen LogP contribution in [-0.2, 0) is 9.59 Å². The molecule has 1 aliphatic rings. The molecule has 1 fully saturated rings. The fourth-order valence-electron chi connectivity index (χ4n) is 3.50. The molecule has 0 radical (unpaired) electrons. The van der Waals surface area contributed by atoms with Crippen molar-refractivity contribution in [1.29, 1.82) is 0 Å². The summed E-state index contributed by atoms with van der Waals surface area (Å²) in [5, 5.41) is 10.5. The predicted octanol–water partition coefficient (Wildman–Crippen LogP) is -0.191. The molecule has 1 amide bonds. The number of carbonyl (C=O) groups excluding carboxylic acids is 2. The SMILES string of the molecule is O=C([O-])/C=C\C(=O)N1CC[NH+](C(c2ccccc2)c2ccccc2)CC1. The molecule has 1 saturated heterocycles. The van der Waals surface area contributed by atoms with Crippen LogP contribution in [0, 0.1) is 0 Å². The van der Waals surface area contributed by atoms with Gasteiger partial charge in [0.1, 0.15) is 6.04 Å². The molecule has 2 aromatic rings. The molecule has 0 aliphatic carbocycles. The minimum absolute atomic E-state index is 0.216. The van der Waals surface area contributed by atoms with E-state index in [-0.39, 0.29) is 11.9 Å². The molecule has 0 unspecified atom stereocenters. The van der Waals surface area contributed by atoms with Gasteiger partial charge in [-0.2, -0.15) is 0 Å². The van der Waals surface area contributed by atoms with Crippen molar-refractivity contribution in [3.05, 3.63) is 83.9 Å². The van der Waals surface area contributed by atoms with Crippen molar-refractivity contribution < 1.29 is 19.6 Å². The highest BCUT2D eigenvalue weighted by Gasteiger charge is 2.30. The third-order valence-corrected chi connectivity index (χ3v) is 4.75. The quantitative estimate of drug-likeness (QED) is 0.760. The Labute approximate surface area is 153 Å². The lowest BCUT2D eigenvalue weighted by atomic mass is 9.96. The van der Waals surface area contributed by atoms with E-state index in [1.165, 1.54) is 16.0 Å². The van der Waals surface area contributed by atoms with Crippen LogP contribution in [0.5, 0.6) is 0 Å². The molecule has 0 spiro atoms. The molecule has 2 aromatic carbocycles. The number of hydrogen-bond donors (Lipinski definition) is 1. The van der Waals surface area contributed by atoms with Crippen LogP contribution in [0.2, 0.25) is 0 Å². The zero-order valence-corrected chi connectivity index (χ0v) is 14.5. The molecule has 1 N–H and O–H groups in total. The Morgan fingerprint density at radius 3 is 1.85 bits per heavy atom. The fourth-order valence-corrected chi connectivity index (χ4v) is 3.50. The van der Waals surface area contributed by atoms with Gasteiger partial charge in [-0.15, -0.1) is 0 Å². The smallest absolute Gasteiger partial charge is 0.247 e. The Morgan fingerprint density at radius 1 is 0.885 bits per heavy atom. The van der Waals surface area contributed by atoms with Gasteiger partial charge in [-0.1, -0.05) is 60.7 Å². The van der Waals surface area contributed by atoms with Crippen molar-refractivity contribution >= 4 is 11.9 Å². The van der Waals surface area contributed by atoms with Gasteiger partial charge in [-0.25, -0.2) is 0 Å². The van der Waals surface area contributed by atoms with Crippen molar-refractivity contribution in [3.63, 3.8) is 0 Å². The van der Waals surface area contributed by atoms with Crippen LogP contribution in [0.1, 0.15) is 17.2 Å². The van der Waals surface area contributed by atoms with Gasteiger partial charge in [0.25, 0.3) is 0 Å². The van der Waals surface area contributed by atoms with E-state index < -0.39 is 5.97 Å². The van der Waals surface area contributed by atoms with Crippen molar-refractivity contribution in [2.45, 2.75) is 6.04 Å². The second-order valence-electron chi connectivity index (χ2n) is 6.39. The van der Waals surface area contributed by atoms with Gasteiger partial charge in [0.2, 0.25) is 5.91 Å². The van der Waals surface area contributed by atoms with E-state index in [1.54, 1.807) is 4.90 Å². The Bertz CT molecular complexity index is 727. The highest BCUT2D eigenvalue weighted by molar-refractivity contribution is 5.93. The maximum Gasteiger partial charge on any atom is 0.247 e. The minimum atomic E-state index is -1.35. The summed E-state index contributed by atoms with van der Waals surface area (Å²) in [5.41, 5.74) is 2.51. The number of amides is 1. The number of rotatable bonds is 5. The van der Waals surface area contributed by atoms with E-state index in [4.69, 9.17) is 0 Å². The van der Waals surface area contributed by atoms with Gasteiger partial charge >= 0.3 is 0 Å². The Morgan fingerprint density at radius 2 is 1.38 bits per heavy atom. The van der Waals surface area contributed by atoms with Gasteiger partial charge in [-0.05, 0) is 6.08 Å². The molecule has 3 rings (SSSR count). The summed E-state index contributed by atoms with van der Waals surface area (Å²) in [6.45, 7) is 2.81. The van der Waals surface area contributed by atoms with Crippen molar-refractivity contribution in [3.8, 4) is 0 Å². The van der Waals surface area contributed by atoms with E-state index in [1.807, 2.05) is 12.1 Å². The van der Waals surface area contributed by atoms with Crippen LogP contribution < -0.4 is 10.0 Å². The van der Waals surface area contributed by atoms with Gasteiger partial charge in [0, 0.05) is 17.2 Å². The van der Waals surface area contributed by atoms with E-state index in [0.717, 1.165) is 25.2 Å². The normalized spacial score (nSPS) is 15.5. The molecular formula is C21H22N2O3. The number of nitrogens with one attached hydrogen (secondary N) is 1. The predicted molar refractivity (Wildman–Crippen MR) is 96.2 cm³/mol. The lowest BCUT2D eigenvalue weighted by molar-refractivity contribution is -0.929. The van der Waals surface area contributed by atoms with Crippen LogP contribution in [0.4, 0.5) is 0 Å². The average molecular weight is 350 g/mol. The van der Waals surface area contributed by atoms with E-state index in [2.05, 4.69) is 48.5 Å². The Hall–Kier alpha value is -2.92. The summed E-state index contributed by atoms with van der Waals surface area (Å²) in [4.78, 5) is 25.6. The summed E-state index contributed by atoms with van der Waals surface area (Å²) >= 11 is 0. The fraction of sp³-hybridized carbons (Fsp3) is 0.238. The molecule has 0 bridgehead atoms. The van der Waals surface area contributed by atoms with Crippen LogP contribution in [-0.4, -0.2) is 43.0 Å². The number of nitrogens with zero attached hydrogens (tertiary/aromatic N) is 1. The largest absolute Gasteiger partial charge is 0.545 e. The summed E-state index contributed by atoms with van der Waals surface area (Å²) in [6.07, 6.45) is 1.87. The lowest BCUT2D eigenvalue weighted by Gasteiger charge is -2.36. The highest BCUT2D eigenvalue weighted by atomic mass is 16.4. The van der Waals surface area contributed by atoms with Crippen LogP contribution in [0.15, 0.2) is 72.8 Å². The van der Waals surface area contributed by atoms with E-state index >= 15 is 0 Å². The molecule has 1 aliphatic heterocycles. The second kappa shape index (κ2) is 8.45. The monoisotopic (exact) mass is 350 g/mol. The maximum atomic E-state index is 12.1. The van der Waals surface area contributed by atoms with Crippen molar-refractivity contribution in [2.75, 3.05) is 26.2 Å².